The van der Waals surface area contributed by atoms with Crippen LogP contribution in [-0.2, 0) is 4.74 Å². The average Bonchev–Trinajstić information content (AvgIpc) is 3.10. The van der Waals surface area contributed by atoms with Crippen LogP contribution in [0.1, 0.15) is 23.3 Å². The van der Waals surface area contributed by atoms with Gasteiger partial charge in [0.2, 0.25) is 0 Å². The van der Waals surface area contributed by atoms with Gasteiger partial charge >= 0.3 is 0 Å². The van der Waals surface area contributed by atoms with E-state index < -0.39 is 0 Å². The average molecular weight is 231 g/mol. The third-order valence-corrected chi connectivity index (χ3v) is 3.03. The maximum absolute atomic E-state index is 5.95. The summed E-state index contributed by atoms with van der Waals surface area (Å²) >= 11 is 5.95. The molecule has 0 spiro atoms. The number of rotatable bonds is 2. The molecule has 0 bridgehead atoms. The van der Waals surface area contributed by atoms with Crippen LogP contribution in [0.15, 0.2) is 54.6 Å². The molecule has 2 unspecified atom stereocenters. The summed E-state index contributed by atoms with van der Waals surface area (Å²) in [5, 5.41) is 0.764. The Morgan fingerprint density at radius 1 is 0.812 bits per heavy atom. The van der Waals surface area contributed by atoms with Gasteiger partial charge in [-0.25, -0.2) is 0 Å². The number of halogens is 1. The Bertz CT molecular complexity index is 495. The number of hydrogen-bond acceptors (Lipinski definition) is 1. The second-order valence-corrected chi connectivity index (χ2v) is 4.38. The van der Waals surface area contributed by atoms with Crippen molar-refractivity contribution >= 4 is 11.6 Å². The fourth-order valence-corrected chi connectivity index (χ4v) is 2.14. The van der Waals surface area contributed by atoms with Gasteiger partial charge in [-0.2, -0.15) is 0 Å². The maximum Gasteiger partial charge on any atom is 0.114 e. The van der Waals surface area contributed by atoms with Crippen LogP contribution >= 0.6 is 11.6 Å². The minimum Gasteiger partial charge on any atom is -0.359 e. The highest BCUT2D eigenvalue weighted by Crippen LogP contribution is 2.50. The van der Waals surface area contributed by atoms with Gasteiger partial charge in [0.05, 0.1) is 0 Å². The zero-order chi connectivity index (χ0) is 11.0. The van der Waals surface area contributed by atoms with E-state index in [2.05, 4.69) is 18.2 Å². The van der Waals surface area contributed by atoms with Crippen LogP contribution < -0.4 is 0 Å². The molecule has 1 saturated heterocycles. The highest BCUT2D eigenvalue weighted by Gasteiger charge is 2.41. The first kappa shape index (κ1) is 9.88. The molecule has 2 heteroatoms. The van der Waals surface area contributed by atoms with Gasteiger partial charge in [0.15, 0.2) is 0 Å². The summed E-state index contributed by atoms with van der Waals surface area (Å²) in [7, 11) is 0. The van der Waals surface area contributed by atoms with E-state index in [9.17, 15) is 0 Å². The Hall–Kier alpha value is -1.31. The molecule has 2 aromatic rings. The van der Waals surface area contributed by atoms with E-state index in [1.807, 2.05) is 36.4 Å². The van der Waals surface area contributed by atoms with Crippen LogP contribution in [0.4, 0.5) is 0 Å². The van der Waals surface area contributed by atoms with Crippen LogP contribution in [0, 0.1) is 0 Å². The zero-order valence-corrected chi connectivity index (χ0v) is 9.39. The molecule has 0 N–H and O–H groups in total. The molecule has 16 heavy (non-hydrogen) atoms. The molecule has 2 atom stereocenters. The first-order valence-electron chi connectivity index (χ1n) is 5.30. The Morgan fingerprint density at radius 2 is 1.50 bits per heavy atom. The van der Waals surface area contributed by atoms with E-state index >= 15 is 0 Å². The first-order chi connectivity index (χ1) is 7.84. The molecule has 0 aliphatic carbocycles. The summed E-state index contributed by atoms with van der Waals surface area (Å²) in [5.74, 6) is 0. The minimum absolute atomic E-state index is 0.168. The fourth-order valence-electron chi connectivity index (χ4n) is 1.95. The maximum atomic E-state index is 5.95. The molecule has 1 aliphatic rings. The fraction of sp³-hybridized carbons (Fsp3) is 0.143. The molecule has 0 radical (unpaired) electrons. The lowest BCUT2D eigenvalue weighted by atomic mass is 10.0. The summed E-state index contributed by atoms with van der Waals surface area (Å²) in [4.78, 5) is 0. The summed E-state index contributed by atoms with van der Waals surface area (Å²) in [5.41, 5.74) is 2.38. The molecule has 1 heterocycles. The largest absolute Gasteiger partial charge is 0.359 e. The summed E-state index contributed by atoms with van der Waals surface area (Å²) in [6.07, 6.45) is 0.362. The van der Waals surface area contributed by atoms with E-state index in [0.717, 1.165) is 10.6 Å². The Labute approximate surface area is 99.6 Å². The van der Waals surface area contributed by atoms with Crippen molar-refractivity contribution in [2.45, 2.75) is 12.2 Å². The molecular formula is C14H11ClO. The highest BCUT2D eigenvalue weighted by atomic mass is 35.5. The Kier molecular flexibility index (Phi) is 2.43. The summed E-state index contributed by atoms with van der Waals surface area (Å²) < 4.78 is 5.69. The van der Waals surface area contributed by atoms with Crippen molar-refractivity contribution in [3.8, 4) is 0 Å². The molecular weight excluding hydrogens is 220 g/mol. The number of benzene rings is 2. The highest BCUT2D eigenvalue weighted by molar-refractivity contribution is 6.30. The molecule has 2 aromatic carbocycles. The van der Waals surface area contributed by atoms with Crippen LogP contribution in [0.3, 0.4) is 0 Å². The lowest BCUT2D eigenvalue weighted by Gasteiger charge is -1.97. The topological polar surface area (TPSA) is 12.5 Å². The van der Waals surface area contributed by atoms with Gasteiger partial charge in [0, 0.05) is 5.02 Å². The molecule has 1 nitrogen and oxygen atoms in total. The van der Waals surface area contributed by atoms with Crippen molar-refractivity contribution in [2.24, 2.45) is 0 Å². The zero-order valence-electron chi connectivity index (χ0n) is 8.64. The van der Waals surface area contributed by atoms with Crippen molar-refractivity contribution in [2.75, 3.05) is 0 Å². The van der Waals surface area contributed by atoms with Crippen LogP contribution in [0.2, 0.25) is 5.02 Å². The van der Waals surface area contributed by atoms with Gasteiger partial charge < -0.3 is 4.74 Å². The van der Waals surface area contributed by atoms with E-state index in [4.69, 9.17) is 16.3 Å². The predicted octanol–water partition coefficient (Wildman–Crippen LogP) is 4.15. The van der Waals surface area contributed by atoms with Crippen molar-refractivity contribution in [1.82, 2.24) is 0 Å². The normalized spacial score (nSPS) is 23.1. The number of epoxide rings is 1. The van der Waals surface area contributed by atoms with Crippen LogP contribution in [0.5, 0.6) is 0 Å². The lowest BCUT2D eigenvalue weighted by Crippen LogP contribution is -1.83. The number of ether oxygens (including phenoxy) is 1. The first-order valence-corrected chi connectivity index (χ1v) is 5.68. The Balaban J connectivity index is 1.82. The molecule has 1 aliphatic heterocycles. The van der Waals surface area contributed by atoms with Gasteiger partial charge in [-0.15, -0.1) is 0 Å². The third-order valence-electron chi connectivity index (χ3n) is 2.80. The minimum atomic E-state index is 0.168. The quantitative estimate of drug-likeness (QED) is 0.706. The van der Waals surface area contributed by atoms with Gasteiger partial charge in [0.25, 0.3) is 0 Å². The molecule has 80 valence electrons. The van der Waals surface area contributed by atoms with E-state index in [1.54, 1.807) is 0 Å². The van der Waals surface area contributed by atoms with Crippen LogP contribution in [-0.4, -0.2) is 0 Å². The molecule has 1 fully saturated rings. The van der Waals surface area contributed by atoms with Crippen molar-refractivity contribution in [3.05, 3.63) is 70.7 Å². The molecule has 0 aromatic heterocycles. The van der Waals surface area contributed by atoms with Crippen LogP contribution in [0.25, 0.3) is 0 Å². The summed E-state index contributed by atoms with van der Waals surface area (Å²) in [6.45, 7) is 0. The SMILES string of the molecule is Clc1cccc(C2OC2c2ccccc2)c1. The molecule has 0 saturated carbocycles. The van der Waals surface area contributed by atoms with Crippen molar-refractivity contribution in [1.29, 1.82) is 0 Å². The van der Waals surface area contributed by atoms with Crippen molar-refractivity contribution < 1.29 is 4.74 Å². The van der Waals surface area contributed by atoms with E-state index in [-0.39, 0.29) is 12.2 Å². The monoisotopic (exact) mass is 230 g/mol. The smallest absolute Gasteiger partial charge is 0.114 e. The standard InChI is InChI=1S/C14H11ClO/c15-12-8-4-7-11(9-12)14-13(16-14)10-5-2-1-3-6-10/h1-9,13-14H. The van der Waals surface area contributed by atoms with Gasteiger partial charge in [0.1, 0.15) is 12.2 Å². The predicted molar refractivity (Wildman–Crippen MR) is 64.5 cm³/mol. The van der Waals surface area contributed by atoms with E-state index in [1.165, 1.54) is 5.56 Å². The third kappa shape index (κ3) is 1.84. The lowest BCUT2D eigenvalue weighted by molar-refractivity contribution is 0.377. The second kappa shape index (κ2) is 3.93. The summed E-state index contributed by atoms with van der Waals surface area (Å²) in [6, 6.07) is 18.1. The molecule has 3 rings (SSSR count). The molecule has 0 amide bonds. The second-order valence-electron chi connectivity index (χ2n) is 3.94. The van der Waals surface area contributed by atoms with Gasteiger partial charge in [-0.3, -0.25) is 0 Å². The Morgan fingerprint density at radius 3 is 2.25 bits per heavy atom. The van der Waals surface area contributed by atoms with E-state index in [0.29, 0.717) is 0 Å². The van der Waals surface area contributed by atoms with Gasteiger partial charge in [-0.1, -0.05) is 54.1 Å². The van der Waals surface area contributed by atoms with Crippen molar-refractivity contribution in [3.63, 3.8) is 0 Å². The van der Waals surface area contributed by atoms with Gasteiger partial charge in [-0.05, 0) is 23.3 Å². The number of hydrogen-bond donors (Lipinski definition) is 0.